The lowest BCUT2D eigenvalue weighted by atomic mass is 9.84. The van der Waals surface area contributed by atoms with E-state index >= 15 is 0 Å². The molecular formula is C29H41ClN3O4+. The molecule has 2 aromatic rings. The van der Waals surface area contributed by atoms with Gasteiger partial charge >= 0.3 is 5.97 Å². The van der Waals surface area contributed by atoms with E-state index in [9.17, 15) is 19.8 Å². The first-order valence-electron chi connectivity index (χ1n) is 12.5. The summed E-state index contributed by atoms with van der Waals surface area (Å²) in [6.45, 7) is 8.85. The van der Waals surface area contributed by atoms with Crippen molar-refractivity contribution in [1.82, 2.24) is 9.38 Å². The summed E-state index contributed by atoms with van der Waals surface area (Å²) < 4.78 is 0.378. The molecule has 0 radical (unpaired) electrons. The average Bonchev–Trinajstić information content (AvgIpc) is 3.07. The topological polar surface area (TPSA) is 102 Å². The Hall–Kier alpha value is -2.90. The van der Waals surface area contributed by atoms with Crippen LogP contribution in [0.1, 0.15) is 78.3 Å². The second-order valence-electron chi connectivity index (χ2n) is 11.8. The monoisotopic (exact) mass is 530 g/mol. The molecule has 8 heteroatoms. The zero-order valence-electron chi connectivity index (χ0n) is 23.0. The minimum atomic E-state index is -0.975. The van der Waals surface area contributed by atoms with Crippen LogP contribution in [-0.4, -0.2) is 66.9 Å². The van der Waals surface area contributed by atoms with Crippen LogP contribution in [0.15, 0.2) is 36.4 Å². The third kappa shape index (κ3) is 6.51. The fraction of sp³-hybridized carbons (Fsp3) is 0.483. The van der Waals surface area contributed by atoms with E-state index in [2.05, 4.69) is 6.92 Å². The number of carboxylic acids is 1. The molecule has 0 spiro atoms. The van der Waals surface area contributed by atoms with Crippen molar-refractivity contribution < 1.29 is 19.8 Å². The number of likely N-dealkylation sites (tertiary alicyclic amines) is 1. The Balaban J connectivity index is 0.00000481. The van der Waals surface area contributed by atoms with E-state index in [0.29, 0.717) is 28.1 Å². The number of carboxylic acid groups (broad SMARTS) is 1. The molecule has 0 aliphatic carbocycles. The first-order valence-corrected chi connectivity index (χ1v) is 12.5. The zero-order valence-corrected chi connectivity index (χ0v) is 23.8. The highest BCUT2D eigenvalue weighted by Crippen LogP contribution is 2.41. The normalized spacial score (nSPS) is 18.0. The zero-order chi connectivity index (χ0) is 27.0. The molecule has 1 aliphatic rings. The number of nitrogens with one attached hydrogen (secondary N) is 1. The molecule has 7 nitrogen and oxygen atoms in total. The molecule has 0 saturated carbocycles. The predicted molar refractivity (Wildman–Crippen MR) is 152 cm³/mol. The van der Waals surface area contributed by atoms with Crippen molar-refractivity contribution in [3.05, 3.63) is 58.7 Å². The van der Waals surface area contributed by atoms with Gasteiger partial charge in [0.05, 0.1) is 33.3 Å². The van der Waals surface area contributed by atoms with Gasteiger partial charge in [0.2, 0.25) is 0 Å². The van der Waals surface area contributed by atoms with Crippen molar-refractivity contribution in [2.45, 2.75) is 51.9 Å². The van der Waals surface area contributed by atoms with Crippen LogP contribution in [0.3, 0.4) is 0 Å². The molecule has 202 valence electrons. The number of carbonyl (C=O) groups excluding carboxylic acids is 1. The lowest BCUT2D eigenvalue weighted by Gasteiger charge is -2.29. The van der Waals surface area contributed by atoms with Crippen molar-refractivity contribution in [3.8, 4) is 5.75 Å². The Kier molecular flexibility index (Phi) is 9.21. The summed E-state index contributed by atoms with van der Waals surface area (Å²) in [5.41, 5.74) is 2.73. The van der Waals surface area contributed by atoms with E-state index in [0.717, 1.165) is 24.0 Å². The van der Waals surface area contributed by atoms with E-state index in [-0.39, 0.29) is 53.3 Å². The van der Waals surface area contributed by atoms with E-state index in [4.69, 9.17) is 5.41 Å². The number of benzene rings is 2. The van der Waals surface area contributed by atoms with Gasteiger partial charge in [0.15, 0.2) is 17.2 Å². The number of rotatable bonds is 8. The number of hydrogen-bond donors (Lipinski definition) is 3. The second kappa shape index (κ2) is 11.2. The highest BCUT2D eigenvalue weighted by molar-refractivity contribution is 6.02. The molecule has 0 amide bonds. The minimum Gasteiger partial charge on any atom is -0.503 e. The van der Waals surface area contributed by atoms with Crippen molar-refractivity contribution in [2.75, 3.05) is 34.2 Å². The first kappa shape index (κ1) is 30.3. The Morgan fingerprint density at radius 3 is 2.16 bits per heavy atom. The molecule has 1 heterocycles. The molecule has 37 heavy (non-hydrogen) atoms. The third-order valence-electron chi connectivity index (χ3n) is 7.01. The van der Waals surface area contributed by atoms with Gasteiger partial charge in [-0.25, -0.2) is 4.79 Å². The number of hydrogen-bond acceptors (Lipinski definition) is 4. The van der Waals surface area contributed by atoms with Crippen molar-refractivity contribution in [1.29, 1.82) is 5.41 Å². The maximum Gasteiger partial charge on any atom is 0.335 e. The largest absolute Gasteiger partial charge is 0.503 e. The standard InChI is InChI=1S/C29H39N3O4.ClH/c1-8-9-20-16-31(27(30)25(20)18-10-12-19(13-11-18)28(35)36)17-24(33)21-14-22(29(2,3)4)26(34)23(15-21)32(5,6)7;/h10-15,20,25,30H,8-9,16-17H2,1-7H3,(H-,33,34,35,36);1H/p+1/t20-,25+;/m0./s1. The molecular weight excluding hydrogens is 490 g/mol. The van der Waals surface area contributed by atoms with Crippen LogP contribution in [0.5, 0.6) is 5.75 Å². The van der Waals surface area contributed by atoms with Gasteiger partial charge in [0, 0.05) is 29.7 Å². The molecule has 3 rings (SSSR count). The number of phenolic OH excluding ortho intramolecular Hbond substituents is 1. The van der Waals surface area contributed by atoms with Crippen LogP contribution in [0.4, 0.5) is 5.69 Å². The minimum absolute atomic E-state index is 0. The van der Waals surface area contributed by atoms with Gasteiger partial charge in [-0.3, -0.25) is 14.7 Å². The molecule has 0 bridgehead atoms. The maximum absolute atomic E-state index is 13.6. The van der Waals surface area contributed by atoms with Gasteiger partial charge in [0.25, 0.3) is 0 Å². The summed E-state index contributed by atoms with van der Waals surface area (Å²) in [5, 5.41) is 29.2. The van der Waals surface area contributed by atoms with E-state index in [1.165, 1.54) is 0 Å². The number of ketones is 1. The van der Waals surface area contributed by atoms with E-state index < -0.39 is 5.97 Å². The Bertz CT molecular complexity index is 1130. The van der Waals surface area contributed by atoms with Crippen LogP contribution in [-0.2, 0) is 5.41 Å². The van der Waals surface area contributed by atoms with Gasteiger partial charge in [-0.15, -0.1) is 12.4 Å². The summed E-state index contributed by atoms with van der Waals surface area (Å²) in [5.74, 6) is -0.445. The van der Waals surface area contributed by atoms with Gasteiger partial charge < -0.3 is 15.1 Å². The van der Waals surface area contributed by atoms with Crippen molar-refractivity contribution in [2.24, 2.45) is 5.92 Å². The van der Waals surface area contributed by atoms with Crippen molar-refractivity contribution in [3.63, 3.8) is 0 Å². The van der Waals surface area contributed by atoms with Gasteiger partial charge in [-0.05, 0) is 41.5 Å². The fourth-order valence-corrected chi connectivity index (χ4v) is 5.08. The van der Waals surface area contributed by atoms with Gasteiger partial charge in [-0.2, -0.15) is 0 Å². The molecule has 0 aromatic heterocycles. The third-order valence-corrected chi connectivity index (χ3v) is 7.01. The Morgan fingerprint density at radius 2 is 1.68 bits per heavy atom. The number of Topliss-reactive ketones (excluding diaryl/α,β-unsaturated/α-hetero) is 1. The Morgan fingerprint density at radius 1 is 1.08 bits per heavy atom. The number of quaternary nitrogens is 1. The lowest BCUT2D eigenvalue weighted by molar-refractivity contribution is 0.0696. The molecule has 0 unspecified atom stereocenters. The van der Waals surface area contributed by atoms with Crippen LogP contribution in [0.2, 0.25) is 0 Å². The van der Waals surface area contributed by atoms with Crippen LogP contribution >= 0.6 is 12.4 Å². The second-order valence-corrected chi connectivity index (χ2v) is 11.8. The van der Waals surface area contributed by atoms with Gasteiger partial charge in [0.1, 0.15) is 5.84 Å². The molecule has 1 saturated heterocycles. The number of carbonyl (C=O) groups is 2. The lowest BCUT2D eigenvalue weighted by Crippen LogP contribution is -2.36. The van der Waals surface area contributed by atoms with Crippen molar-refractivity contribution >= 4 is 35.7 Å². The molecule has 3 N–H and O–H groups in total. The summed E-state index contributed by atoms with van der Waals surface area (Å²) in [4.78, 5) is 26.7. The summed E-state index contributed by atoms with van der Waals surface area (Å²) in [6.07, 6.45) is 1.88. The average molecular weight is 531 g/mol. The predicted octanol–water partition coefficient (Wildman–Crippen LogP) is 5.68. The number of phenols is 1. The maximum atomic E-state index is 13.6. The highest BCUT2D eigenvalue weighted by atomic mass is 35.5. The number of halogens is 1. The fourth-order valence-electron chi connectivity index (χ4n) is 5.08. The molecule has 1 aliphatic heterocycles. The molecule has 2 atom stereocenters. The quantitative estimate of drug-likeness (QED) is 0.301. The number of aromatic hydroxyl groups is 1. The first-order chi connectivity index (χ1) is 16.6. The molecule has 2 aromatic carbocycles. The van der Waals surface area contributed by atoms with Crippen LogP contribution in [0, 0.1) is 11.3 Å². The number of aromatic carboxylic acids is 1. The number of nitrogens with zero attached hydrogens (tertiary/aromatic N) is 2. The highest BCUT2D eigenvalue weighted by Gasteiger charge is 2.39. The smallest absolute Gasteiger partial charge is 0.335 e. The summed E-state index contributed by atoms with van der Waals surface area (Å²) in [7, 11) is 5.88. The van der Waals surface area contributed by atoms with E-state index in [1.54, 1.807) is 36.4 Å². The summed E-state index contributed by atoms with van der Waals surface area (Å²) >= 11 is 0. The molecule has 1 fully saturated rings. The van der Waals surface area contributed by atoms with Crippen LogP contribution in [0.25, 0.3) is 0 Å². The SMILES string of the molecule is CCC[C@H]1CN(CC(=O)c2cc(C(C)(C)C)c(O)c([N+](C)(C)C)c2)C(=N)[C@@H]1c1ccc(C(=O)O)cc1.Cl. The van der Waals surface area contributed by atoms with Crippen LogP contribution < -0.4 is 4.48 Å². The van der Waals surface area contributed by atoms with E-state index in [1.807, 2.05) is 46.8 Å². The Labute approximate surface area is 226 Å². The summed E-state index contributed by atoms with van der Waals surface area (Å²) in [6, 6.07) is 10.3. The number of amidine groups is 1. The van der Waals surface area contributed by atoms with Gasteiger partial charge in [-0.1, -0.05) is 46.2 Å².